The maximum absolute atomic E-state index is 12.2. The fraction of sp³-hybridized carbons (Fsp3) is 0.200. The molecular weight excluding hydrogens is 380 g/mol. The molecule has 3 aromatic carbocycles. The van der Waals surface area contributed by atoms with Gasteiger partial charge in [-0.1, -0.05) is 96.7 Å². The smallest absolute Gasteiger partial charge is 0.306 e. The van der Waals surface area contributed by atoms with Crippen LogP contribution in [0.25, 0.3) is 11.1 Å². The molecule has 0 aliphatic carbocycles. The van der Waals surface area contributed by atoms with Gasteiger partial charge in [-0.2, -0.15) is 0 Å². The van der Waals surface area contributed by atoms with Crippen LogP contribution >= 0.6 is 11.8 Å². The summed E-state index contributed by atoms with van der Waals surface area (Å²) in [6.45, 7) is 1.83. The van der Waals surface area contributed by atoms with Crippen LogP contribution in [0.5, 0.6) is 0 Å². The Kier molecular flexibility index (Phi) is 7.65. The molecular formula is C25H24O3S. The standard InChI is InChI=1S/C25H24O3S/c1-19(26)29-24(16-17-25(27)28-18-20-8-4-2-5-9-20)23-14-12-22(13-15-23)21-10-6-3-7-11-21/h2-15,24H,16-18H2,1H3. The van der Waals surface area contributed by atoms with Gasteiger partial charge in [0, 0.05) is 18.6 Å². The van der Waals surface area contributed by atoms with Crippen molar-refractivity contribution in [3.63, 3.8) is 0 Å². The first-order valence-corrected chi connectivity index (χ1v) is 10.5. The van der Waals surface area contributed by atoms with Gasteiger partial charge in [-0.05, 0) is 28.7 Å². The molecule has 3 aromatic rings. The Morgan fingerprint density at radius 2 is 1.41 bits per heavy atom. The van der Waals surface area contributed by atoms with Crippen LogP contribution < -0.4 is 0 Å². The van der Waals surface area contributed by atoms with Gasteiger partial charge >= 0.3 is 5.97 Å². The molecule has 0 aliphatic heterocycles. The number of benzene rings is 3. The van der Waals surface area contributed by atoms with Crippen LogP contribution in [-0.4, -0.2) is 11.1 Å². The van der Waals surface area contributed by atoms with E-state index in [1.807, 2.05) is 60.7 Å². The first-order chi connectivity index (χ1) is 14.1. The first kappa shape index (κ1) is 20.9. The van der Waals surface area contributed by atoms with Crippen LogP contribution in [0.15, 0.2) is 84.9 Å². The Bertz CT molecular complexity index is 921. The van der Waals surface area contributed by atoms with Gasteiger partial charge < -0.3 is 4.74 Å². The van der Waals surface area contributed by atoms with Crippen molar-refractivity contribution >= 4 is 22.8 Å². The zero-order valence-electron chi connectivity index (χ0n) is 16.4. The van der Waals surface area contributed by atoms with E-state index in [-0.39, 0.29) is 29.4 Å². The zero-order chi connectivity index (χ0) is 20.5. The number of rotatable bonds is 8. The van der Waals surface area contributed by atoms with Crippen molar-refractivity contribution in [3.05, 3.63) is 96.1 Å². The van der Waals surface area contributed by atoms with Crippen molar-refractivity contribution in [2.24, 2.45) is 0 Å². The van der Waals surface area contributed by atoms with Crippen molar-refractivity contribution in [2.45, 2.75) is 31.6 Å². The van der Waals surface area contributed by atoms with Gasteiger partial charge in [-0.3, -0.25) is 9.59 Å². The third kappa shape index (κ3) is 6.61. The molecule has 1 unspecified atom stereocenters. The summed E-state index contributed by atoms with van der Waals surface area (Å²) in [6, 6.07) is 28.0. The zero-order valence-corrected chi connectivity index (χ0v) is 17.2. The van der Waals surface area contributed by atoms with E-state index in [4.69, 9.17) is 4.74 Å². The third-order valence-corrected chi connectivity index (χ3v) is 5.68. The van der Waals surface area contributed by atoms with E-state index in [0.717, 1.165) is 22.3 Å². The van der Waals surface area contributed by atoms with Gasteiger partial charge in [0.15, 0.2) is 5.12 Å². The Hall–Kier alpha value is -2.85. The lowest BCUT2D eigenvalue weighted by Gasteiger charge is -2.16. The Morgan fingerprint density at radius 3 is 2.03 bits per heavy atom. The molecule has 3 nitrogen and oxygen atoms in total. The first-order valence-electron chi connectivity index (χ1n) is 9.64. The number of carbonyl (C=O) groups is 2. The fourth-order valence-corrected chi connectivity index (χ4v) is 4.00. The second kappa shape index (κ2) is 10.6. The lowest BCUT2D eigenvalue weighted by atomic mass is 10.0. The molecule has 0 saturated heterocycles. The van der Waals surface area contributed by atoms with Crippen molar-refractivity contribution in [1.29, 1.82) is 0 Å². The van der Waals surface area contributed by atoms with E-state index in [2.05, 4.69) is 24.3 Å². The van der Waals surface area contributed by atoms with E-state index in [1.54, 1.807) is 6.92 Å². The minimum absolute atomic E-state index is 0.0415. The maximum atomic E-state index is 12.2. The monoisotopic (exact) mass is 404 g/mol. The van der Waals surface area contributed by atoms with Crippen LogP contribution in [-0.2, 0) is 20.9 Å². The highest BCUT2D eigenvalue weighted by molar-refractivity contribution is 8.13. The molecule has 148 valence electrons. The minimum atomic E-state index is -0.246. The highest BCUT2D eigenvalue weighted by Crippen LogP contribution is 2.35. The van der Waals surface area contributed by atoms with Gasteiger partial charge in [-0.25, -0.2) is 0 Å². The van der Waals surface area contributed by atoms with Crippen LogP contribution in [0.3, 0.4) is 0 Å². The van der Waals surface area contributed by atoms with E-state index < -0.39 is 0 Å². The van der Waals surface area contributed by atoms with Crippen molar-refractivity contribution in [2.75, 3.05) is 0 Å². The number of esters is 1. The van der Waals surface area contributed by atoms with Gasteiger partial charge in [0.1, 0.15) is 6.61 Å². The molecule has 0 aromatic heterocycles. The molecule has 0 spiro atoms. The molecule has 1 atom stereocenters. The van der Waals surface area contributed by atoms with Crippen molar-refractivity contribution in [1.82, 2.24) is 0 Å². The summed E-state index contributed by atoms with van der Waals surface area (Å²) >= 11 is 1.26. The molecule has 3 rings (SSSR count). The summed E-state index contributed by atoms with van der Waals surface area (Å²) in [4.78, 5) is 23.9. The maximum Gasteiger partial charge on any atom is 0.306 e. The number of thioether (sulfide) groups is 1. The second-order valence-electron chi connectivity index (χ2n) is 6.77. The predicted octanol–water partition coefficient (Wildman–Crippen LogP) is 6.20. The molecule has 0 heterocycles. The number of hydrogen-bond acceptors (Lipinski definition) is 4. The Balaban J connectivity index is 1.60. The topological polar surface area (TPSA) is 43.4 Å². The highest BCUT2D eigenvalue weighted by Gasteiger charge is 2.17. The normalized spacial score (nSPS) is 11.6. The predicted molar refractivity (Wildman–Crippen MR) is 118 cm³/mol. The number of ether oxygens (including phenoxy) is 1. The molecule has 4 heteroatoms. The van der Waals surface area contributed by atoms with E-state index in [9.17, 15) is 9.59 Å². The van der Waals surface area contributed by atoms with Crippen LogP contribution in [0.1, 0.15) is 36.1 Å². The third-order valence-electron chi connectivity index (χ3n) is 4.55. The highest BCUT2D eigenvalue weighted by atomic mass is 32.2. The van der Waals surface area contributed by atoms with Gasteiger partial charge in [-0.15, -0.1) is 0 Å². The lowest BCUT2D eigenvalue weighted by molar-refractivity contribution is -0.145. The van der Waals surface area contributed by atoms with Crippen LogP contribution in [0, 0.1) is 0 Å². The van der Waals surface area contributed by atoms with Crippen molar-refractivity contribution < 1.29 is 14.3 Å². The number of carbonyl (C=O) groups excluding carboxylic acids is 2. The Morgan fingerprint density at radius 1 is 0.828 bits per heavy atom. The van der Waals surface area contributed by atoms with E-state index in [1.165, 1.54) is 11.8 Å². The van der Waals surface area contributed by atoms with Gasteiger partial charge in [0.2, 0.25) is 0 Å². The number of hydrogen-bond donors (Lipinski definition) is 0. The largest absolute Gasteiger partial charge is 0.461 e. The average molecular weight is 405 g/mol. The molecule has 0 radical (unpaired) electrons. The average Bonchev–Trinajstić information content (AvgIpc) is 2.76. The minimum Gasteiger partial charge on any atom is -0.461 e. The second-order valence-corrected chi connectivity index (χ2v) is 8.15. The molecule has 0 N–H and O–H groups in total. The fourth-order valence-electron chi connectivity index (χ4n) is 3.07. The molecule has 29 heavy (non-hydrogen) atoms. The van der Waals surface area contributed by atoms with Crippen molar-refractivity contribution in [3.8, 4) is 11.1 Å². The summed E-state index contributed by atoms with van der Waals surface area (Å²) in [7, 11) is 0. The molecule has 0 aliphatic rings. The SMILES string of the molecule is CC(=O)SC(CCC(=O)OCc1ccccc1)c1ccc(-c2ccccc2)cc1. The molecule has 0 amide bonds. The van der Waals surface area contributed by atoms with Gasteiger partial charge in [0.05, 0.1) is 0 Å². The van der Waals surface area contributed by atoms with E-state index >= 15 is 0 Å². The Labute approximate surface area is 176 Å². The summed E-state index contributed by atoms with van der Waals surface area (Å²) in [5.74, 6) is -0.246. The molecule has 0 bridgehead atoms. The molecule has 0 saturated carbocycles. The lowest BCUT2D eigenvalue weighted by Crippen LogP contribution is -2.07. The van der Waals surface area contributed by atoms with E-state index in [0.29, 0.717) is 6.42 Å². The van der Waals surface area contributed by atoms with Gasteiger partial charge in [0.25, 0.3) is 0 Å². The summed E-state index contributed by atoms with van der Waals surface area (Å²) < 4.78 is 5.36. The van der Waals surface area contributed by atoms with Crippen LogP contribution in [0.4, 0.5) is 0 Å². The summed E-state index contributed by atoms with van der Waals surface area (Å²) in [6.07, 6.45) is 0.834. The molecule has 0 fully saturated rings. The van der Waals surface area contributed by atoms with Crippen LogP contribution in [0.2, 0.25) is 0 Å². The quantitative estimate of drug-likeness (QED) is 0.419. The summed E-state index contributed by atoms with van der Waals surface area (Å²) in [5.41, 5.74) is 4.29. The summed E-state index contributed by atoms with van der Waals surface area (Å²) in [5, 5.41) is -0.0265.